The largest absolute Gasteiger partial charge is 0.378 e. The molecule has 0 spiro atoms. The SMILES string of the molecule is CN1C(=O)[C@H]2COC[C@@H]1CN(c1ccnc3ccc(Cl)cc13)C2. The fourth-order valence-electron chi connectivity index (χ4n) is 3.47. The summed E-state index contributed by atoms with van der Waals surface area (Å²) in [5, 5.41) is 1.72. The molecule has 0 aliphatic carbocycles. The van der Waals surface area contributed by atoms with Crippen LogP contribution in [0.4, 0.5) is 5.69 Å². The monoisotopic (exact) mass is 331 g/mol. The van der Waals surface area contributed by atoms with Crippen LogP contribution in [0.25, 0.3) is 10.9 Å². The second-order valence-corrected chi connectivity index (χ2v) is 6.67. The molecule has 2 fully saturated rings. The van der Waals surface area contributed by atoms with Crippen LogP contribution in [0.2, 0.25) is 5.02 Å². The van der Waals surface area contributed by atoms with Crippen molar-refractivity contribution in [2.75, 3.05) is 38.3 Å². The molecule has 2 aromatic rings. The third-order valence-electron chi connectivity index (χ3n) is 4.77. The van der Waals surface area contributed by atoms with Gasteiger partial charge >= 0.3 is 0 Å². The zero-order chi connectivity index (χ0) is 16.0. The maximum absolute atomic E-state index is 12.5. The molecule has 0 saturated carbocycles. The number of fused-ring (bicyclic) bond motifs is 4. The minimum absolute atomic E-state index is 0.0670. The summed E-state index contributed by atoms with van der Waals surface area (Å²) in [5.41, 5.74) is 2.00. The summed E-state index contributed by atoms with van der Waals surface area (Å²) in [6, 6.07) is 7.80. The Balaban J connectivity index is 1.79. The highest BCUT2D eigenvalue weighted by Gasteiger charge is 2.37. The fraction of sp³-hybridized carbons (Fsp3) is 0.412. The van der Waals surface area contributed by atoms with Crippen molar-refractivity contribution in [1.29, 1.82) is 0 Å². The maximum atomic E-state index is 12.5. The third kappa shape index (κ3) is 2.54. The van der Waals surface area contributed by atoms with Crippen molar-refractivity contribution >= 4 is 34.1 Å². The Kier molecular flexibility index (Phi) is 3.62. The molecule has 0 radical (unpaired) electrons. The van der Waals surface area contributed by atoms with Gasteiger partial charge in [-0.25, -0.2) is 0 Å². The van der Waals surface area contributed by atoms with Gasteiger partial charge in [0.05, 0.1) is 30.7 Å². The number of aromatic nitrogens is 1. The second-order valence-electron chi connectivity index (χ2n) is 6.23. The molecule has 0 unspecified atom stereocenters. The van der Waals surface area contributed by atoms with Crippen LogP contribution in [-0.2, 0) is 9.53 Å². The molecule has 3 heterocycles. The summed E-state index contributed by atoms with van der Waals surface area (Å²) >= 11 is 6.18. The molecule has 5 nitrogen and oxygen atoms in total. The highest BCUT2D eigenvalue weighted by molar-refractivity contribution is 6.31. The van der Waals surface area contributed by atoms with E-state index in [4.69, 9.17) is 16.3 Å². The zero-order valence-corrected chi connectivity index (χ0v) is 13.7. The normalized spacial score (nSPS) is 24.9. The van der Waals surface area contributed by atoms with E-state index in [1.807, 2.05) is 42.4 Å². The van der Waals surface area contributed by atoms with Gasteiger partial charge in [0.25, 0.3) is 0 Å². The smallest absolute Gasteiger partial charge is 0.229 e. The van der Waals surface area contributed by atoms with Crippen LogP contribution in [0.1, 0.15) is 0 Å². The molecule has 1 amide bonds. The lowest BCUT2D eigenvalue weighted by Crippen LogP contribution is -2.43. The summed E-state index contributed by atoms with van der Waals surface area (Å²) in [7, 11) is 1.87. The van der Waals surface area contributed by atoms with Crippen molar-refractivity contribution in [1.82, 2.24) is 9.88 Å². The van der Waals surface area contributed by atoms with Gasteiger partial charge in [0.2, 0.25) is 5.91 Å². The number of carbonyl (C=O) groups excluding carboxylic acids is 1. The van der Waals surface area contributed by atoms with Crippen LogP contribution in [0.3, 0.4) is 0 Å². The lowest BCUT2D eigenvalue weighted by Gasteiger charge is -2.31. The molecule has 1 aromatic carbocycles. The molecule has 2 bridgehead atoms. The van der Waals surface area contributed by atoms with E-state index in [-0.39, 0.29) is 17.9 Å². The molecule has 2 aliphatic heterocycles. The van der Waals surface area contributed by atoms with Gasteiger partial charge in [0.15, 0.2) is 0 Å². The van der Waals surface area contributed by atoms with Gasteiger partial charge in [-0.05, 0) is 24.3 Å². The van der Waals surface area contributed by atoms with Gasteiger partial charge in [-0.3, -0.25) is 9.78 Å². The number of ether oxygens (including phenoxy) is 1. The van der Waals surface area contributed by atoms with Crippen molar-refractivity contribution in [2.45, 2.75) is 6.04 Å². The molecule has 0 N–H and O–H groups in total. The van der Waals surface area contributed by atoms with E-state index in [0.29, 0.717) is 24.8 Å². The van der Waals surface area contributed by atoms with Crippen LogP contribution in [0, 0.1) is 5.92 Å². The summed E-state index contributed by atoms with van der Waals surface area (Å²) in [6.07, 6.45) is 1.81. The number of nitrogens with zero attached hydrogens (tertiary/aromatic N) is 3. The average molecular weight is 332 g/mol. The van der Waals surface area contributed by atoms with E-state index in [0.717, 1.165) is 23.1 Å². The maximum Gasteiger partial charge on any atom is 0.229 e. The zero-order valence-electron chi connectivity index (χ0n) is 12.9. The van der Waals surface area contributed by atoms with Gasteiger partial charge in [-0.1, -0.05) is 11.6 Å². The molecular formula is C17H18ClN3O2. The minimum atomic E-state index is -0.130. The average Bonchev–Trinajstić information content (AvgIpc) is 2.72. The molecule has 6 heteroatoms. The molecule has 120 valence electrons. The first kappa shape index (κ1) is 14.7. The molecule has 23 heavy (non-hydrogen) atoms. The minimum Gasteiger partial charge on any atom is -0.378 e. The van der Waals surface area contributed by atoms with E-state index in [2.05, 4.69) is 9.88 Å². The van der Waals surface area contributed by atoms with E-state index in [9.17, 15) is 4.79 Å². The lowest BCUT2D eigenvalue weighted by molar-refractivity contribution is -0.133. The molecular weight excluding hydrogens is 314 g/mol. The number of benzene rings is 1. The Morgan fingerprint density at radius 2 is 2.13 bits per heavy atom. The highest BCUT2D eigenvalue weighted by Crippen LogP contribution is 2.31. The first-order valence-electron chi connectivity index (χ1n) is 7.77. The van der Waals surface area contributed by atoms with Gasteiger partial charge in [-0.2, -0.15) is 0 Å². The number of rotatable bonds is 1. The van der Waals surface area contributed by atoms with Crippen molar-refractivity contribution in [2.24, 2.45) is 5.92 Å². The molecule has 2 aliphatic rings. The van der Waals surface area contributed by atoms with Crippen molar-refractivity contribution in [3.8, 4) is 0 Å². The van der Waals surface area contributed by atoms with Crippen LogP contribution < -0.4 is 4.90 Å². The van der Waals surface area contributed by atoms with Gasteiger partial charge < -0.3 is 14.5 Å². The molecule has 4 rings (SSSR count). The van der Waals surface area contributed by atoms with E-state index >= 15 is 0 Å². The van der Waals surface area contributed by atoms with Crippen LogP contribution in [-0.4, -0.2) is 55.2 Å². The number of anilines is 1. The molecule has 1 aromatic heterocycles. The van der Waals surface area contributed by atoms with Crippen LogP contribution >= 0.6 is 11.6 Å². The Morgan fingerprint density at radius 1 is 1.26 bits per heavy atom. The Hall–Kier alpha value is -1.85. The number of pyridine rings is 1. The fourth-order valence-corrected chi connectivity index (χ4v) is 3.65. The second kappa shape index (κ2) is 5.65. The number of likely N-dealkylation sites (N-methyl/N-ethyl adjacent to an activating group) is 1. The summed E-state index contributed by atoms with van der Waals surface area (Å²) in [6.45, 7) is 2.48. The molecule has 2 atom stereocenters. The number of hydrogen-bond acceptors (Lipinski definition) is 4. The first-order valence-corrected chi connectivity index (χ1v) is 8.15. The van der Waals surface area contributed by atoms with Crippen LogP contribution in [0.5, 0.6) is 0 Å². The van der Waals surface area contributed by atoms with Crippen molar-refractivity contribution in [3.05, 3.63) is 35.5 Å². The number of amides is 1. The summed E-state index contributed by atoms with van der Waals surface area (Å²) < 4.78 is 5.67. The van der Waals surface area contributed by atoms with E-state index < -0.39 is 0 Å². The Bertz CT molecular complexity index is 767. The summed E-state index contributed by atoms with van der Waals surface area (Å²) in [4.78, 5) is 21.0. The van der Waals surface area contributed by atoms with Gasteiger partial charge in [0.1, 0.15) is 0 Å². The van der Waals surface area contributed by atoms with Gasteiger partial charge in [-0.15, -0.1) is 0 Å². The highest BCUT2D eigenvalue weighted by atomic mass is 35.5. The number of halogens is 1. The predicted octanol–water partition coefficient (Wildman–Crippen LogP) is 2.18. The number of hydrogen-bond donors (Lipinski definition) is 0. The van der Waals surface area contributed by atoms with Gasteiger partial charge in [0, 0.05) is 42.4 Å². The van der Waals surface area contributed by atoms with Crippen LogP contribution in [0.15, 0.2) is 30.5 Å². The lowest BCUT2D eigenvalue weighted by atomic mass is 10.1. The third-order valence-corrected chi connectivity index (χ3v) is 5.00. The first-order chi connectivity index (χ1) is 11.1. The Labute approximate surface area is 139 Å². The number of carbonyl (C=O) groups is 1. The topological polar surface area (TPSA) is 45.7 Å². The van der Waals surface area contributed by atoms with Crippen molar-refractivity contribution in [3.63, 3.8) is 0 Å². The predicted molar refractivity (Wildman–Crippen MR) is 89.8 cm³/mol. The van der Waals surface area contributed by atoms with Crippen molar-refractivity contribution < 1.29 is 9.53 Å². The van der Waals surface area contributed by atoms with E-state index in [1.54, 1.807) is 0 Å². The van der Waals surface area contributed by atoms with E-state index in [1.165, 1.54) is 0 Å². The summed E-state index contributed by atoms with van der Waals surface area (Å²) in [5.74, 6) is 0.0429. The Morgan fingerprint density at radius 3 is 3.00 bits per heavy atom. The quantitative estimate of drug-likeness (QED) is 0.803. The molecule has 2 saturated heterocycles. The standard InChI is InChI=1S/C17H18ClN3O2/c1-20-13-8-21(7-11(17(20)22)9-23-10-13)16-4-5-19-15-3-2-12(18)6-14(15)16/h2-6,11,13H,7-10H2,1H3/t11-,13+/m1/s1.